The van der Waals surface area contributed by atoms with Crippen molar-refractivity contribution < 1.29 is 9.59 Å². The third-order valence-electron chi connectivity index (χ3n) is 6.62. The molecule has 0 unspecified atom stereocenters. The summed E-state index contributed by atoms with van der Waals surface area (Å²) >= 11 is 6.04. The minimum Gasteiger partial charge on any atom is -0.352 e. The summed E-state index contributed by atoms with van der Waals surface area (Å²) in [4.78, 5) is 28.1. The van der Waals surface area contributed by atoms with Gasteiger partial charge in [-0.25, -0.2) is 0 Å². The lowest BCUT2D eigenvalue weighted by atomic mass is 10.0. The van der Waals surface area contributed by atoms with E-state index in [1.165, 1.54) is 10.8 Å². The number of carbonyl (C=O) groups excluding carboxylic acids is 2. The molecule has 0 spiro atoms. The predicted octanol–water partition coefficient (Wildman–Crippen LogP) is 5.90. The fourth-order valence-corrected chi connectivity index (χ4v) is 4.78. The SMILES string of the molecule is C[C@@H](C(=O)NC1CCCC1)N(Cc1ccc(Cl)cc1)C(=O)CCc1cccc2ccccc12. The van der Waals surface area contributed by atoms with Crippen molar-refractivity contribution in [1.29, 1.82) is 0 Å². The number of amides is 2. The summed E-state index contributed by atoms with van der Waals surface area (Å²) < 4.78 is 0. The van der Waals surface area contributed by atoms with Crippen LogP contribution in [-0.4, -0.2) is 28.8 Å². The number of hydrogen-bond acceptors (Lipinski definition) is 2. The second-order valence-electron chi connectivity index (χ2n) is 8.95. The highest BCUT2D eigenvalue weighted by atomic mass is 35.5. The van der Waals surface area contributed by atoms with Crippen molar-refractivity contribution in [1.82, 2.24) is 10.2 Å². The molecule has 4 nitrogen and oxygen atoms in total. The average molecular weight is 463 g/mol. The summed E-state index contributed by atoms with van der Waals surface area (Å²) in [6.07, 6.45) is 5.32. The molecule has 2 amide bonds. The summed E-state index contributed by atoms with van der Waals surface area (Å²) in [7, 11) is 0. The van der Waals surface area contributed by atoms with Gasteiger partial charge in [-0.15, -0.1) is 0 Å². The number of rotatable bonds is 8. The summed E-state index contributed by atoms with van der Waals surface area (Å²) in [6, 6.07) is 21.6. The molecule has 5 heteroatoms. The van der Waals surface area contributed by atoms with Crippen molar-refractivity contribution in [2.75, 3.05) is 0 Å². The number of hydrogen-bond donors (Lipinski definition) is 1. The maximum atomic E-state index is 13.4. The molecule has 3 aromatic carbocycles. The van der Waals surface area contributed by atoms with Crippen LogP contribution in [0.1, 0.15) is 50.2 Å². The summed E-state index contributed by atoms with van der Waals surface area (Å²) in [5.41, 5.74) is 2.11. The molecule has 0 aliphatic heterocycles. The van der Waals surface area contributed by atoms with Crippen LogP contribution >= 0.6 is 11.6 Å². The molecule has 1 aliphatic rings. The number of halogens is 1. The van der Waals surface area contributed by atoms with Gasteiger partial charge in [0.1, 0.15) is 6.04 Å². The Bertz CT molecular complexity index is 1100. The van der Waals surface area contributed by atoms with Crippen molar-refractivity contribution in [3.8, 4) is 0 Å². The predicted molar refractivity (Wildman–Crippen MR) is 134 cm³/mol. The molecule has 0 saturated heterocycles. The van der Waals surface area contributed by atoms with Crippen molar-refractivity contribution in [3.63, 3.8) is 0 Å². The molecule has 0 bridgehead atoms. The molecule has 1 fully saturated rings. The first-order valence-corrected chi connectivity index (χ1v) is 12.2. The maximum Gasteiger partial charge on any atom is 0.242 e. The van der Waals surface area contributed by atoms with Crippen LogP contribution in [0, 0.1) is 0 Å². The molecule has 172 valence electrons. The second-order valence-corrected chi connectivity index (χ2v) is 9.39. The van der Waals surface area contributed by atoms with Gasteiger partial charge in [-0.2, -0.15) is 0 Å². The van der Waals surface area contributed by atoms with Gasteiger partial charge in [0.2, 0.25) is 11.8 Å². The van der Waals surface area contributed by atoms with Crippen LogP contribution in [-0.2, 0) is 22.6 Å². The Balaban J connectivity index is 1.50. The lowest BCUT2D eigenvalue weighted by molar-refractivity contribution is -0.140. The van der Waals surface area contributed by atoms with Gasteiger partial charge in [-0.1, -0.05) is 79.0 Å². The fraction of sp³-hybridized carbons (Fsp3) is 0.357. The van der Waals surface area contributed by atoms with Crippen LogP contribution in [0.2, 0.25) is 5.02 Å². The van der Waals surface area contributed by atoms with E-state index in [2.05, 4.69) is 29.6 Å². The Morgan fingerprint density at radius 1 is 1.00 bits per heavy atom. The third kappa shape index (κ3) is 5.94. The Kier molecular flexibility index (Phi) is 7.66. The first-order chi connectivity index (χ1) is 16.0. The molecule has 3 aromatic rings. The van der Waals surface area contributed by atoms with Crippen molar-refractivity contribution in [3.05, 3.63) is 82.9 Å². The molecule has 0 aromatic heterocycles. The lowest BCUT2D eigenvalue weighted by Crippen LogP contribution is -2.49. The number of carbonyl (C=O) groups is 2. The largest absolute Gasteiger partial charge is 0.352 e. The Labute approximate surface area is 200 Å². The second kappa shape index (κ2) is 10.8. The molecule has 1 N–H and O–H groups in total. The lowest BCUT2D eigenvalue weighted by Gasteiger charge is -2.30. The van der Waals surface area contributed by atoms with Gasteiger partial charge >= 0.3 is 0 Å². The molecule has 0 heterocycles. The molecule has 1 atom stereocenters. The van der Waals surface area contributed by atoms with E-state index in [1.807, 2.05) is 49.4 Å². The van der Waals surface area contributed by atoms with Gasteiger partial charge in [0.15, 0.2) is 0 Å². The van der Waals surface area contributed by atoms with Gasteiger partial charge in [-0.3, -0.25) is 9.59 Å². The van der Waals surface area contributed by atoms with Crippen molar-refractivity contribution >= 4 is 34.2 Å². The van der Waals surface area contributed by atoms with Crippen LogP contribution in [0.4, 0.5) is 0 Å². The Morgan fingerprint density at radius 2 is 1.70 bits per heavy atom. The fourth-order valence-electron chi connectivity index (χ4n) is 4.66. The van der Waals surface area contributed by atoms with E-state index in [0.29, 0.717) is 24.4 Å². The van der Waals surface area contributed by atoms with Crippen LogP contribution in [0.25, 0.3) is 10.8 Å². The smallest absolute Gasteiger partial charge is 0.242 e. The number of aryl methyl sites for hydroxylation is 1. The van der Waals surface area contributed by atoms with Crippen LogP contribution in [0.5, 0.6) is 0 Å². The van der Waals surface area contributed by atoms with Crippen LogP contribution in [0.3, 0.4) is 0 Å². The topological polar surface area (TPSA) is 49.4 Å². The summed E-state index contributed by atoms with van der Waals surface area (Å²) in [6.45, 7) is 2.21. The normalized spacial score (nSPS) is 14.8. The molecule has 1 saturated carbocycles. The minimum absolute atomic E-state index is 0.0213. The average Bonchev–Trinajstić information content (AvgIpc) is 3.34. The molecule has 33 heavy (non-hydrogen) atoms. The third-order valence-corrected chi connectivity index (χ3v) is 6.88. The zero-order valence-corrected chi connectivity index (χ0v) is 19.9. The van der Waals surface area contributed by atoms with Gasteiger partial charge in [-0.05, 0) is 60.2 Å². The zero-order chi connectivity index (χ0) is 23.2. The highest BCUT2D eigenvalue weighted by molar-refractivity contribution is 6.30. The number of nitrogens with one attached hydrogen (secondary N) is 1. The Morgan fingerprint density at radius 3 is 2.45 bits per heavy atom. The van der Waals surface area contributed by atoms with E-state index in [1.54, 1.807) is 4.90 Å². The monoisotopic (exact) mass is 462 g/mol. The Hall–Kier alpha value is -2.85. The van der Waals surface area contributed by atoms with Crippen molar-refractivity contribution in [2.45, 2.75) is 64.1 Å². The van der Waals surface area contributed by atoms with E-state index in [0.717, 1.165) is 36.8 Å². The first kappa shape index (κ1) is 23.3. The highest BCUT2D eigenvalue weighted by Crippen LogP contribution is 2.22. The zero-order valence-electron chi connectivity index (χ0n) is 19.1. The number of fused-ring (bicyclic) bond motifs is 1. The van der Waals surface area contributed by atoms with E-state index in [9.17, 15) is 9.59 Å². The van der Waals surface area contributed by atoms with Gasteiger partial charge < -0.3 is 10.2 Å². The number of benzene rings is 3. The molecular weight excluding hydrogens is 432 g/mol. The first-order valence-electron chi connectivity index (χ1n) is 11.8. The van der Waals surface area contributed by atoms with E-state index in [-0.39, 0.29) is 17.9 Å². The van der Waals surface area contributed by atoms with Crippen LogP contribution in [0.15, 0.2) is 66.7 Å². The minimum atomic E-state index is -0.540. The molecule has 0 radical (unpaired) electrons. The standard InChI is InChI=1S/C28H31ClN2O2/c1-20(28(33)30-25-10-3-4-11-25)31(19-21-13-16-24(29)17-14-21)27(32)18-15-23-9-6-8-22-7-2-5-12-26(22)23/h2,5-9,12-14,16-17,20,25H,3-4,10-11,15,18-19H2,1H3,(H,30,33)/t20-/m0/s1. The molecule has 1 aliphatic carbocycles. The van der Waals surface area contributed by atoms with E-state index < -0.39 is 6.04 Å². The highest BCUT2D eigenvalue weighted by Gasteiger charge is 2.28. The van der Waals surface area contributed by atoms with E-state index >= 15 is 0 Å². The molecule has 4 rings (SSSR count). The van der Waals surface area contributed by atoms with Gasteiger partial charge in [0.05, 0.1) is 0 Å². The van der Waals surface area contributed by atoms with Crippen molar-refractivity contribution in [2.24, 2.45) is 0 Å². The van der Waals surface area contributed by atoms with Crippen LogP contribution < -0.4 is 5.32 Å². The number of nitrogens with zero attached hydrogens (tertiary/aromatic N) is 1. The summed E-state index contributed by atoms with van der Waals surface area (Å²) in [5, 5.41) is 6.15. The maximum absolute atomic E-state index is 13.4. The van der Waals surface area contributed by atoms with Gasteiger partial charge in [0.25, 0.3) is 0 Å². The summed E-state index contributed by atoms with van der Waals surface area (Å²) in [5.74, 6) is -0.0960. The van der Waals surface area contributed by atoms with Gasteiger partial charge in [0, 0.05) is 24.0 Å². The van der Waals surface area contributed by atoms with E-state index in [4.69, 9.17) is 11.6 Å². The molecular formula is C28H31ClN2O2. The quantitative estimate of drug-likeness (QED) is 0.453.